The van der Waals surface area contributed by atoms with Gasteiger partial charge in [-0.05, 0) is 31.0 Å². The van der Waals surface area contributed by atoms with Crippen molar-refractivity contribution in [2.45, 2.75) is 37.6 Å². The third kappa shape index (κ3) is 2.89. The molecule has 5 nitrogen and oxygen atoms in total. The second-order valence-electron chi connectivity index (χ2n) is 5.09. The predicted molar refractivity (Wildman–Crippen MR) is 73.1 cm³/mol. The van der Waals surface area contributed by atoms with Gasteiger partial charge in [0.15, 0.2) is 5.84 Å². The highest BCUT2D eigenvalue weighted by atomic mass is 19.1. The molecular weight excluding hydrogens is 261 g/mol. The second-order valence-corrected chi connectivity index (χ2v) is 5.09. The lowest BCUT2D eigenvalue weighted by molar-refractivity contribution is 0.0905. The number of carbonyl (C=O) groups is 1. The maximum Gasteiger partial charge on any atom is 0.252 e. The minimum absolute atomic E-state index is 0.00181. The molecule has 1 saturated carbocycles. The van der Waals surface area contributed by atoms with Crippen LogP contribution < -0.4 is 11.1 Å². The normalized spacial score (nSPS) is 18.6. The van der Waals surface area contributed by atoms with Crippen LogP contribution >= 0.6 is 0 Å². The molecule has 0 radical (unpaired) electrons. The fourth-order valence-electron chi connectivity index (χ4n) is 2.62. The van der Waals surface area contributed by atoms with Crippen LogP contribution in [0.2, 0.25) is 0 Å². The fraction of sp³-hybridized carbons (Fsp3) is 0.429. The predicted octanol–water partition coefficient (Wildman–Crippen LogP) is 2.00. The van der Waals surface area contributed by atoms with Gasteiger partial charge in [-0.15, -0.1) is 0 Å². The number of oxime groups is 1. The van der Waals surface area contributed by atoms with E-state index >= 15 is 0 Å². The quantitative estimate of drug-likeness (QED) is 0.342. The standard InChI is InChI=1S/C14H18FN3O2/c15-11-6-4-5-10(9-11)12(19)17-14(13(16)18-20)7-2-1-3-8-14/h4-6,9,20H,1-3,7-8H2,(H2,16,18)(H,17,19). The first-order valence-corrected chi connectivity index (χ1v) is 6.63. The van der Waals surface area contributed by atoms with Crippen molar-refractivity contribution in [2.24, 2.45) is 10.9 Å². The molecule has 0 saturated heterocycles. The molecule has 4 N–H and O–H groups in total. The third-order valence-corrected chi connectivity index (χ3v) is 3.74. The van der Waals surface area contributed by atoms with E-state index in [1.807, 2.05) is 0 Å². The number of rotatable bonds is 3. The van der Waals surface area contributed by atoms with E-state index in [1.165, 1.54) is 18.2 Å². The topological polar surface area (TPSA) is 87.7 Å². The Morgan fingerprint density at radius 2 is 2.05 bits per heavy atom. The smallest absolute Gasteiger partial charge is 0.252 e. The summed E-state index contributed by atoms with van der Waals surface area (Å²) >= 11 is 0. The molecule has 108 valence electrons. The van der Waals surface area contributed by atoms with Crippen LogP contribution in [0, 0.1) is 5.82 Å². The largest absolute Gasteiger partial charge is 0.409 e. The van der Waals surface area contributed by atoms with Gasteiger partial charge in [0.25, 0.3) is 5.91 Å². The highest BCUT2D eigenvalue weighted by Gasteiger charge is 2.38. The molecule has 0 atom stereocenters. The average Bonchev–Trinajstić information content (AvgIpc) is 2.47. The van der Waals surface area contributed by atoms with Crippen LogP contribution in [-0.2, 0) is 0 Å². The van der Waals surface area contributed by atoms with Gasteiger partial charge in [-0.25, -0.2) is 4.39 Å². The van der Waals surface area contributed by atoms with Crippen LogP contribution in [-0.4, -0.2) is 22.5 Å². The minimum atomic E-state index is -0.837. The number of amides is 1. The van der Waals surface area contributed by atoms with E-state index in [4.69, 9.17) is 10.9 Å². The lowest BCUT2D eigenvalue weighted by Crippen LogP contribution is -2.58. The molecule has 6 heteroatoms. The van der Waals surface area contributed by atoms with E-state index in [1.54, 1.807) is 0 Å². The van der Waals surface area contributed by atoms with Crippen molar-refractivity contribution in [3.8, 4) is 0 Å². The summed E-state index contributed by atoms with van der Waals surface area (Å²) in [7, 11) is 0. The van der Waals surface area contributed by atoms with Crippen molar-refractivity contribution in [1.82, 2.24) is 5.32 Å². The number of amidine groups is 1. The third-order valence-electron chi connectivity index (χ3n) is 3.74. The van der Waals surface area contributed by atoms with Crippen LogP contribution in [0.3, 0.4) is 0 Å². The van der Waals surface area contributed by atoms with Gasteiger partial charge in [-0.2, -0.15) is 0 Å². The molecule has 20 heavy (non-hydrogen) atoms. The summed E-state index contributed by atoms with van der Waals surface area (Å²) in [4.78, 5) is 12.2. The molecular formula is C14H18FN3O2. The van der Waals surface area contributed by atoms with Gasteiger partial charge in [0.1, 0.15) is 11.4 Å². The zero-order chi connectivity index (χ0) is 14.6. The fourth-order valence-corrected chi connectivity index (χ4v) is 2.62. The first kappa shape index (κ1) is 14.3. The molecule has 0 spiro atoms. The first-order valence-electron chi connectivity index (χ1n) is 6.63. The molecule has 0 aromatic heterocycles. The monoisotopic (exact) mass is 279 g/mol. The van der Waals surface area contributed by atoms with Crippen molar-refractivity contribution in [2.75, 3.05) is 0 Å². The Bertz CT molecular complexity index is 525. The molecule has 0 aliphatic heterocycles. The summed E-state index contributed by atoms with van der Waals surface area (Å²) in [5.41, 5.74) is 5.14. The summed E-state index contributed by atoms with van der Waals surface area (Å²) in [6.45, 7) is 0. The molecule has 1 aromatic carbocycles. The number of hydrogen-bond acceptors (Lipinski definition) is 3. The van der Waals surface area contributed by atoms with Crippen molar-refractivity contribution >= 4 is 11.7 Å². The van der Waals surface area contributed by atoms with Crippen LogP contribution in [0.4, 0.5) is 4.39 Å². The summed E-state index contributed by atoms with van der Waals surface area (Å²) in [6.07, 6.45) is 4.06. The Labute approximate surface area is 116 Å². The van der Waals surface area contributed by atoms with Gasteiger partial charge in [-0.3, -0.25) is 4.79 Å². The first-order chi connectivity index (χ1) is 9.57. The number of nitrogens with one attached hydrogen (secondary N) is 1. The highest BCUT2D eigenvalue weighted by molar-refractivity contribution is 6.00. The van der Waals surface area contributed by atoms with Crippen LogP contribution in [0.5, 0.6) is 0 Å². The number of halogens is 1. The van der Waals surface area contributed by atoms with E-state index in [-0.39, 0.29) is 11.4 Å². The van der Waals surface area contributed by atoms with Gasteiger partial charge >= 0.3 is 0 Å². The zero-order valence-electron chi connectivity index (χ0n) is 11.1. The number of nitrogens with two attached hydrogens (primary N) is 1. The Morgan fingerprint density at radius 1 is 1.35 bits per heavy atom. The van der Waals surface area contributed by atoms with Gasteiger partial charge in [0.2, 0.25) is 0 Å². The Balaban J connectivity index is 2.22. The Hall–Kier alpha value is -2.11. The molecule has 1 aliphatic rings. The highest BCUT2D eigenvalue weighted by Crippen LogP contribution is 2.28. The zero-order valence-corrected chi connectivity index (χ0v) is 11.1. The van der Waals surface area contributed by atoms with Gasteiger partial charge in [-0.1, -0.05) is 30.5 Å². The molecule has 0 heterocycles. The minimum Gasteiger partial charge on any atom is -0.409 e. The van der Waals surface area contributed by atoms with Gasteiger partial charge < -0.3 is 16.3 Å². The molecule has 0 unspecified atom stereocenters. The maximum absolute atomic E-state index is 13.2. The van der Waals surface area contributed by atoms with E-state index in [0.29, 0.717) is 12.8 Å². The van der Waals surface area contributed by atoms with Crippen molar-refractivity contribution in [3.63, 3.8) is 0 Å². The van der Waals surface area contributed by atoms with Crippen molar-refractivity contribution < 1.29 is 14.4 Å². The number of hydrogen-bond donors (Lipinski definition) is 3. The molecule has 0 bridgehead atoms. The van der Waals surface area contributed by atoms with E-state index < -0.39 is 17.3 Å². The molecule has 2 rings (SSSR count). The van der Waals surface area contributed by atoms with E-state index in [9.17, 15) is 9.18 Å². The maximum atomic E-state index is 13.2. The van der Waals surface area contributed by atoms with Gasteiger partial charge in [0.05, 0.1) is 0 Å². The Kier molecular flexibility index (Phi) is 4.22. The lowest BCUT2D eigenvalue weighted by atomic mass is 9.80. The summed E-state index contributed by atoms with van der Waals surface area (Å²) in [5.74, 6) is -0.890. The lowest BCUT2D eigenvalue weighted by Gasteiger charge is -2.36. The molecule has 1 aromatic rings. The molecule has 1 amide bonds. The number of benzene rings is 1. The molecule has 1 aliphatic carbocycles. The summed E-state index contributed by atoms with van der Waals surface area (Å²) < 4.78 is 13.2. The average molecular weight is 279 g/mol. The SMILES string of the molecule is N/C(=N/O)C1(NC(=O)c2cccc(F)c2)CCCCC1. The Morgan fingerprint density at radius 3 is 2.65 bits per heavy atom. The summed E-state index contributed by atoms with van der Waals surface area (Å²) in [5, 5.41) is 14.8. The number of nitrogens with zero attached hydrogens (tertiary/aromatic N) is 1. The van der Waals surface area contributed by atoms with Crippen LogP contribution in [0.1, 0.15) is 42.5 Å². The molecule has 1 fully saturated rings. The van der Waals surface area contributed by atoms with Crippen molar-refractivity contribution in [3.05, 3.63) is 35.6 Å². The van der Waals surface area contributed by atoms with Crippen LogP contribution in [0.25, 0.3) is 0 Å². The van der Waals surface area contributed by atoms with E-state index in [2.05, 4.69) is 10.5 Å². The van der Waals surface area contributed by atoms with Crippen LogP contribution in [0.15, 0.2) is 29.4 Å². The summed E-state index contributed by atoms with van der Waals surface area (Å²) in [6, 6.07) is 5.44. The van der Waals surface area contributed by atoms with Crippen molar-refractivity contribution in [1.29, 1.82) is 0 Å². The second kappa shape index (κ2) is 5.90. The number of carbonyl (C=O) groups excluding carboxylic acids is 1. The van der Waals surface area contributed by atoms with Gasteiger partial charge in [0, 0.05) is 5.56 Å². The van der Waals surface area contributed by atoms with E-state index in [0.717, 1.165) is 25.3 Å².